The Morgan fingerprint density at radius 1 is 1.12 bits per heavy atom. The van der Waals surface area contributed by atoms with E-state index in [-0.39, 0.29) is 24.5 Å². The summed E-state index contributed by atoms with van der Waals surface area (Å²) in [6.07, 6.45) is 1.89. The zero-order valence-corrected chi connectivity index (χ0v) is 13.2. The highest BCUT2D eigenvalue weighted by atomic mass is 16.5. The van der Waals surface area contributed by atoms with E-state index in [0.717, 1.165) is 11.0 Å². The highest BCUT2D eigenvalue weighted by Crippen LogP contribution is 2.17. The van der Waals surface area contributed by atoms with E-state index < -0.39 is 0 Å². The number of imidazole rings is 1. The molecule has 122 valence electrons. The van der Waals surface area contributed by atoms with Crippen molar-refractivity contribution in [2.24, 2.45) is 0 Å². The number of rotatable bonds is 6. The Hall–Kier alpha value is -3.15. The summed E-state index contributed by atoms with van der Waals surface area (Å²) in [5.41, 5.74) is 2.93. The van der Waals surface area contributed by atoms with Crippen molar-refractivity contribution < 1.29 is 14.3 Å². The second-order valence-corrected chi connectivity index (χ2v) is 5.33. The molecule has 0 aliphatic heterocycles. The van der Waals surface area contributed by atoms with Gasteiger partial charge in [-0.15, -0.1) is 0 Å². The van der Waals surface area contributed by atoms with Gasteiger partial charge in [-0.1, -0.05) is 0 Å². The van der Waals surface area contributed by atoms with Crippen LogP contribution >= 0.6 is 0 Å². The number of ketones is 1. The molecule has 24 heavy (non-hydrogen) atoms. The van der Waals surface area contributed by atoms with Crippen molar-refractivity contribution in [3.63, 3.8) is 0 Å². The molecule has 2 aromatic carbocycles. The van der Waals surface area contributed by atoms with Crippen molar-refractivity contribution >= 4 is 28.4 Å². The number of ether oxygens (including phenoxy) is 1. The summed E-state index contributed by atoms with van der Waals surface area (Å²) in [4.78, 5) is 31.2. The van der Waals surface area contributed by atoms with E-state index >= 15 is 0 Å². The molecule has 0 saturated carbocycles. The Balaban J connectivity index is 1.55. The molecule has 3 rings (SSSR count). The lowest BCUT2D eigenvalue weighted by atomic mass is 10.1. The van der Waals surface area contributed by atoms with Crippen LogP contribution in [0.2, 0.25) is 0 Å². The third-order valence-electron chi connectivity index (χ3n) is 3.70. The number of H-pyrrole nitrogens is 1. The van der Waals surface area contributed by atoms with Crippen LogP contribution < -0.4 is 10.1 Å². The first kappa shape index (κ1) is 15.7. The van der Waals surface area contributed by atoms with Gasteiger partial charge in [0.1, 0.15) is 5.75 Å². The van der Waals surface area contributed by atoms with Crippen LogP contribution in [0.5, 0.6) is 5.75 Å². The van der Waals surface area contributed by atoms with E-state index in [9.17, 15) is 9.59 Å². The first-order valence-electron chi connectivity index (χ1n) is 7.56. The van der Waals surface area contributed by atoms with Gasteiger partial charge in [0, 0.05) is 24.1 Å². The molecule has 1 aromatic heterocycles. The van der Waals surface area contributed by atoms with Gasteiger partial charge in [0.25, 0.3) is 0 Å². The molecule has 3 aromatic rings. The fraction of sp³-hybridized carbons (Fsp3) is 0.167. The Kier molecular flexibility index (Phi) is 4.56. The topological polar surface area (TPSA) is 84.1 Å². The monoisotopic (exact) mass is 323 g/mol. The number of carbonyl (C=O) groups excluding carboxylic acids is 2. The van der Waals surface area contributed by atoms with E-state index in [4.69, 9.17) is 4.74 Å². The fourth-order valence-corrected chi connectivity index (χ4v) is 2.39. The van der Waals surface area contributed by atoms with Crippen LogP contribution in [0.1, 0.15) is 23.2 Å². The molecule has 6 heteroatoms. The van der Waals surface area contributed by atoms with Crippen LogP contribution in [0.15, 0.2) is 48.8 Å². The lowest BCUT2D eigenvalue weighted by molar-refractivity contribution is -0.116. The quantitative estimate of drug-likeness (QED) is 0.682. The number of benzene rings is 2. The minimum Gasteiger partial charge on any atom is -0.497 e. The van der Waals surface area contributed by atoms with Gasteiger partial charge in [0.2, 0.25) is 5.91 Å². The first-order valence-corrected chi connectivity index (χ1v) is 7.56. The van der Waals surface area contributed by atoms with Gasteiger partial charge in [0.05, 0.1) is 24.5 Å². The molecule has 6 nitrogen and oxygen atoms in total. The highest BCUT2D eigenvalue weighted by molar-refractivity contribution is 6.00. The first-order chi connectivity index (χ1) is 11.7. The molecule has 1 heterocycles. The van der Waals surface area contributed by atoms with E-state index in [1.165, 1.54) is 0 Å². The number of aromatic amines is 1. The van der Waals surface area contributed by atoms with Gasteiger partial charge < -0.3 is 15.0 Å². The number of carbonyl (C=O) groups is 2. The highest BCUT2D eigenvalue weighted by Gasteiger charge is 2.10. The molecule has 0 radical (unpaired) electrons. The number of amides is 1. The van der Waals surface area contributed by atoms with Crippen molar-refractivity contribution in [2.75, 3.05) is 12.4 Å². The molecular weight excluding hydrogens is 306 g/mol. The standard InChI is InChI=1S/C18H17N3O3/c1-24-14-5-2-12(3-6-14)17(22)8-9-18(23)21-13-4-7-15-16(10-13)20-11-19-15/h2-7,10-11H,8-9H2,1H3,(H,19,20)(H,21,23). The summed E-state index contributed by atoms with van der Waals surface area (Å²) >= 11 is 0. The Morgan fingerprint density at radius 2 is 1.92 bits per heavy atom. The lowest BCUT2D eigenvalue weighted by Gasteiger charge is -2.06. The molecular formula is C18H17N3O3. The maximum atomic E-state index is 12.1. The predicted molar refractivity (Wildman–Crippen MR) is 91.3 cm³/mol. The average molecular weight is 323 g/mol. The van der Waals surface area contributed by atoms with Gasteiger partial charge in [0.15, 0.2) is 5.78 Å². The van der Waals surface area contributed by atoms with E-state index in [1.54, 1.807) is 43.8 Å². The average Bonchev–Trinajstić information content (AvgIpc) is 3.07. The minimum atomic E-state index is -0.198. The van der Waals surface area contributed by atoms with Gasteiger partial charge >= 0.3 is 0 Å². The number of nitrogens with zero attached hydrogens (tertiary/aromatic N) is 1. The number of nitrogens with one attached hydrogen (secondary N) is 2. The number of hydrogen-bond acceptors (Lipinski definition) is 4. The molecule has 1 amide bonds. The van der Waals surface area contributed by atoms with Crippen LogP contribution in [0.4, 0.5) is 5.69 Å². The zero-order chi connectivity index (χ0) is 16.9. The van der Waals surface area contributed by atoms with Gasteiger partial charge in [-0.2, -0.15) is 0 Å². The van der Waals surface area contributed by atoms with Crippen LogP contribution in [-0.4, -0.2) is 28.8 Å². The molecule has 0 fully saturated rings. The van der Waals surface area contributed by atoms with Crippen LogP contribution in [0.3, 0.4) is 0 Å². The Bertz CT molecular complexity index is 869. The third kappa shape index (κ3) is 3.60. The zero-order valence-electron chi connectivity index (χ0n) is 13.2. The number of Topliss-reactive ketones (excluding diaryl/α,β-unsaturated/α-hetero) is 1. The SMILES string of the molecule is COc1ccc(C(=O)CCC(=O)Nc2ccc3nc[nH]c3c2)cc1. The number of anilines is 1. The van der Waals surface area contributed by atoms with Crippen molar-refractivity contribution in [3.8, 4) is 5.75 Å². The summed E-state index contributed by atoms with van der Waals surface area (Å²) in [7, 11) is 1.57. The molecule has 0 spiro atoms. The van der Waals surface area contributed by atoms with E-state index in [1.807, 2.05) is 12.1 Å². The largest absolute Gasteiger partial charge is 0.497 e. The molecule has 0 unspecified atom stereocenters. The molecule has 0 atom stereocenters. The predicted octanol–water partition coefficient (Wildman–Crippen LogP) is 3.17. The summed E-state index contributed by atoms with van der Waals surface area (Å²) < 4.78 is 5.06. The fourth-order valence-electron chi connectivity index (χ4n) is 2.39. The number of methoxy groups -OCH3 is 1. The van der Waals surface area contributed by atoms with Gasteiger partial charge in [-0.25, -0.2) is 4.98 Å². The van der Waals surface area contributed by atoms with Crippen molar-refractivity contribution in [3.05, 3.63) is 54.4 Å². The number of hydrogen-bond donors (Lipinski definition) is 2. The second-order valence-electron chi connectivity index (χ2n) is 5.33. The smallest absolute Gasteiger partial charge is 0.224 e. The minimum absolute atomic E-state index is 0.0724. The third-order valence-corrected chi connectivity index (χ3v) is 3.70. The molecule has 0 saturated heterocycles. The normalized spacial score (nSPS) is 10.5. The maximum Gasteiger partial charge on any atom is 0.224 e. The van der Waals surface area contributed by atoms with Crippen LogP contribution in [0, 0.1) is 0 Å². The van der Waals surface area contributed by atoms with Crippen molar-refractivity contribution in [1.82, 2.24) is 9.97 Å². The molecule has 0 bridgehead atoms. The lowest BCUT2D eigenvalue weighted by Crippen LogP contribution is -2.13. The van der Waals surface area contributed by atoms with Crippen molar-refractivity contribution in [1.29, 1.82) is 0 Å². The van der Waals surface area contributed by atoms with E-state index in [2.05, 4.69) is 15.3 Å². The number of fused-ring (bicyclic) bond motifs is 1. The van der Waals surface area contributed by atoms with Crippen LogP contribution in [-0.2, 0) is 4.79 Å². The molecule has 0 aliphatic carbocycles. The van der Waals surface area contributed by atoms with Gasteiger partial charge in [-0.05, 0) is 42.5 Å². The Labute approximate surface area is 138 Å². The second kappa shape index (κ2) is 6.95. The summed E-state index contributed by atoms with van der Waals surface area (Å²) in [6, 6.07) is 12.3. The summed E-state index contributed by atoms with van der Waals surface area (Å²) in [5, 5.41) is 2.79. The maximum absolute atomic E-state index is 12.1. The van der Waals surface area contributed by atoms with Crippen LogP contribution in [0.25, 0.3) is 11.0 Å². The van der Waals surface area contributed by atoms with E-state index in [0.29, 0.717) is 17.0 Å². The molecule has 0 aliphatic rings. The summed E-state index contributed by atoms with van der Waals surface area (Å²) in [6.45, 7) is 0. The number of aromatic nitrogens is 2. The van der Waals surface area contributed by atoms with Gasteiger partial charge in [-0.3, -0.25) is 9.59 Å². The Morgan fingerprint density at radius 3 is 2.67 bits per heavy atom. The van der Waals surface area contributed by atoms with Crippen molar-refractivity contribution in [2.45, 2.75) is 12.8 Å². The molecule has 2 N–H and O–H groups in total. The summed E-state index contributed by atoms with van der Waals surface area (Å²) in [5.74, 6) is 0.422.